The number of pyridine rings is 1. The van der Waals surface area contributed by atoms with Crippen molar-refractivity contribution in [3.63, 3.8) is 0 Å². The lowest BCUT2D eigenvalue weighted by Gasteiger charge is -2.18. The van der Waals surface area contributed by atoms with Gasteiger partial charge in [0, 0.05) is 12.5 Å². The minimum Gasteiger partial charge on any atom is -0.508 e. The zero-order chi connectivity index (χ0) is 23.8. The number of carbonyl (C=O) groups excluding carboxylic acids is 1. The maximum atomic E-state index is 13.0. The van der Waals surface area contributed by atoms with Crippen molar-refractivity contribution in [2.45, 2.75) is 45.1 Å². The first-order valence-electron chi connectivity index (χ1n) is 11.2. The summed E-state index contributed by atoms with van der Waals surface area (Å²) >= 11 is 0. The van der Waals surface area contributed by atoms with Gasteiger partial charge in [-0.3, -0.25) is 4.79 Å². The van der Waals surface area contributed by atoms with Crippen LogP contribution in [-0.4, -0.2) is 46.8 Å². The van der Waals surface area contributed by atoms with Gasteiger partial charge in [0.1, 0.15) is 11.4 Å². The van der Waals surface area contributed by atoms with Gasteiger partial charge in [0.15, 0.2) is 0 Å². The van der Waals surface area contributed by atoms with Gasteiger partial charge in [-0.15, -0.1) is 0 Å². The smallest absolute Gasteiger partial charge is 0.336 e. The number of methoxy groups -OCH3 is 1. The molecule has 7 nitrogen and oxygen atoms in total. The topological polar surface area (TPSA) is 109 Å². The molecule has 0 fully saturated rings. The second-order valence-electron chi connectivity index (χ2n) is 8.17. The fourth-order valence-corrected chi connectivity index (χ4v) is 3.83. The summed E-state index contributed by atoms with van der Waals surface area (Å²) in [6, 6.07) is 13.3. The Morgan fingerprint density at radius 2 is 1.79 bits per heavy atom. The van der Waals surface area contributed by atoms with E-state index in [1.54, 1.807) is 37.4 Å². The van der Waals surface area contributed by atoms with Crippen molar-refractivity contribution >= 4 is 22.8 Å². The minimum absolute atomic E-state index is 0.0467. The molecule has 1 atom stereocenters. The molecule has 0 unspecified atom stereocenters. The number of unbranched alkanes of at least 4 members (excludes halogenated alkanes) is 2. The molecule has 1 aromatic heterocycles. The van der Waals surface area contributed by atoms with E-state index in [0.717, 1.165) is 36.8 Å². The monoisotopic (exact) mass is 450 g/mol. The number of carboxylic acids is 1. The van der Waals surface area contributed by atoms with Gasteiger partial charge in [-0.05, 0) is 60.7 Å². The van der Waals surface area contributed by atoms with Gasteiger partial charge in [0.05, 0.1) is 23.7 Å². The molecule has 33 heavy (non-hydrogen) atoms. The Bertz CT molecular complexity index is 1110. The molecule has 0 aliphatic rings. The molecule has 174 valence electrons. The van der Waals surface area contributed by atoms with E-state index >= 15 is 0 Å². The third-order valence-corrected chi connectivity index (χ3v) is 5.53. The molecule has 2 aromatic carbocycles. The number of hydrogen-bond donors (Lipinski definition) is 3. The molecule has 0 spiro atoms. The number of aromatic nitrogens is 1. The van der Waals surface area contributed by atoms with Crippen molar-refractivity contribution in [1.82, 2.24) is 10.3 Å². The van der Waals surface area contributed by atoms with Crippen LogP contribution >= 0.6 is 0 Å². The number of carbonyl (C=O) groups is 2. The lowest BCUT2D eigenvalue weighted by molar-refractivity contribution is 0.0699. The number of benzene rings is 2. The van der Waals surface area contributed by atoms with E-state index in [0.29, 0.717) is 17.3 Å². The second-order valence-corrected chi connectivity index (χ2v) is 8.17. The number of fused-ring (bicyclic) bond motifs is 1. The first-order valence-corrected chi connectivity index (χ1v) is 11.2. The van der Waals surface area contributed by atoms with Crippen LogP contribution in [0.1, 0.15) is 58.2 Å². The Kier molecular flexibility index (Phi) is 8.38. The van der Waals surface area contributed by atoms with E-state index in [9.17, 15) is 19.8 Å². The molecule has 7 heteroatoms. The number of phenols is 1. The van der Waals surface area contributed by atoms with Crippen molar-refractivity contribution in [3.8, 4) is 5.75 Å². The number of ether oxygens (including phenoxy) is 1. The number of aryl methyl sites for hydroxylation is 1. The lowest BCUT2D eigenvalue weighted by atomic mass is 10.0. The van der Waals surface area contributed by atoms with E-state index in [-0.39, 0.29) is 29.7 Å². The van der Waals surface area contributed by atoms with Crippen molar-refractivity contribution in [2.75, 3.05) is 13.7 Å². The van der Waals surface area contributed by atoms with Crippen molar-refractivity contribution < 1.29 is 24.5 Å². The summed E-state index contributed by atoms with van der Waals surface area (Å²) in [6.07, 6.45) is 4.64. The summed E-state index contributed by atoms with van der Waals surface area (Å²) < 4.78 is 5.24. The first kappa shape index (κ1) is 24.2. The highest BCUT2D eigenvalue weighted by molar-refractivity contribution is 6.06. The molecule has 3 aromatic rings. The Morgan fingerprint density at radius 1 is 1.06 bits per heavy atom. The van der Waals surface area contributed by atoms with E-state index < -0.39 is 11.9 Å². The summed E-state index contributed by atoms with van der Waals surface area (Å²) in [5.74, 6) is -1.40. The number of hydrogen-bond acceptors (Lipinski definition) is 5. The van der Waals surface area contributed by atoms with E-state index in [4.69, 9.17) is 4.74 Å². The predicted molar refractivity (Wildman–Crippen MR) is 127 cm³/mol. The minimum atomic E-state index is -1.10. The maximum Gasteiger partial charge on any atom is 0.336 e. The number of rotatable bonds is 11. The van der Waals surface area contributed by atoms with Gasteiger partial charge in [0.2, 0.25) is 0 Å². The Morgan fingerprint density at radius 3 is 2.45 bits per heavy atom. The summed E-state index contributed by atoms with van der Waals surface area (Å²) in [7, 11) is 1.55. The molecule has 0 radical (unpaired) electrons. The van der Waals surface area contributed by atoms with Crippen LogP contribution < -0.4 is 5.32 Å². The molecule has 0 aliphatic heterocycles. The van der Waals surface area contributed by atoms with Crippen molar-refractivity contribution in [2.24, 2.45) is 0 Å². The molecule has 0 bridgehead atoms. The van der Waals surface area contributed by atoms with Crippen LogP contribution in [0.3, 0.4) is 0 Å². The van der Waals surface area contributed by atoms with Crippen LogP contribution in [0.5, 0.6) is 5.75 Å². The molecule has 1 amide bonds. The van der Waals surface area contributed by atoms with E-state index in [1.807, 2.05) is 12.1 Å². The number of carboxylic acid groups (broad SMARTS) is 1. The zero-order valence-electron chi connectivity index (χ0n) is 19.0. The van der Waals surface area contributed by atoms with Crippen LogP contribution in [0.15, 0.2) is 48.5 Å². The van der Waals surface area contributed by atoms with E-state index in [2.05, 4.69) is 17.2 Å². The molecule has 3 rings (SSSR count). The number of phenolic OH excluding ortho intramolecular Hbond substituents is 1. The van der Waals surface area contributed by atoms with Crippen LogP contribution in [0, 0.1) is 0 Å². The van der Waals surface area contributed by atoms with E-state index in [1.165, 1.54) is 6.07 Å². The average Bonchev–Trinajstić information content (AvgIpc) is 2.80. The van der Waals surface area contributed by atoms with Crippen LogP contribution in [0.4, 0.5) is 0 Å². The zero-order valence-corrected chi connectivity index (χ0v) is 19.0. The number of amides is 1. The van der Waals surface area contributed by atoms with Crippen molar-refractivity contribution in [1.29, 1.82) is 0 Å². The highest BCUT2D eigenvalue weighted by Crippen LogP contribution is 2.22. The molecule has 0 saturated heterocycles. The Balaban J connectivity index is 1.84. The standard InChI is InChI=1S/C26H30N2O5/c1-3-4-5-6-17-9-12-23-21(14-17)22(26(31)32)15-24(28-23)25(30)27-19(16-33-2)13-18-7-10-20(29)11-8-18/h7-12,14-15,19,29H,3-6,13,16H2,1-2H3,(H,27,30)(H,31,32)/t19-/m0/s1. The third kappa shape index (κ3) is 6.52. The van der Waals surface area contributed by atoms with Gasteiger partial charge in [-0.25, -0.2) is 9.78 Å². The first-order chi connectivity index (χ1) is 15.9. The van der Waals surface area contributed by atoms with Crippen LogP contribution in [0.2, 0.25) is 0 Å². The second kappa shape index (κ2) is 11.4. The number of aromatic carboxylic acids is 1. The molecule has 3 N–H and O–H groups in total. The van der Waals surface area contributed by atoms with Gasteiger partial charge < -0.3 is 20.3 Å². The fraction of sp³-hybridized carbons (Fsp3) is 0.346. The van der Waals surface area contributed by atoms with Gasteiger partial charge in [0.25, 0.3) is 5.91 Å². The van der Waals surface area contributed by atoms with Crippen LogP contribution in [0.25, 0.3) is 10.9 Å². The number of nitrogens with zero attached hydrogens (tertiary/aromatic N) is 1. The summed E-state index contributed by atoms with van der Waals surface area (Å²) in [5, 5.41) is 22.7. The summed E-state index contributed by atoms with van der Waals surface area (Å²) in [6.45, 7) is 2.41. The SMILES string of the molecule is CCCCCc1ccc2nc(C(=O)N[C@H](COC)Cc3ccc(O)cc3)cc(C(=O)O)c2c1. The third-order valence-electron chi connectivity index (χ3n) is 5.53. The predicted octanol–water partition coefficient (Wildman–Crippen LogP) is 4.36. The molecular formula is C26H30N2O5. The molecular weight excluding hydrogens is 420 g/mol. The highest BCUT2D eigenvalue weighted by Gasteiger charge is 2.19. The average molecular weight is 451 g/mol. The van der Waals surface area contributed by atoms with Gasteiger partial charge >= 0.3 is 5.97 Å². The Hall–Kier alpha value is -3.45. The number of aromatic hydroxyl groups is 1. The fourth-order valence-electron chi connectivity index (χ4n) is 3.83. The van der Waals surface area contributed by atoms with Gasteiger partial charge in [-0.1, -0.05) is 38.0 Å². The summed E-state index contributed by atoms with van der Waals surface area (Å²) in [5.41, 5.74) is 2.56. The number of nitrogens with one attached hydrogen (secondary N) is 1. The maximum absolute atomic E-state index is 13.0. The van der Waals surface area contributed by atoms with Gasteiger partial charge in [-0.2, -0.15) is 0 Å². The largest absolute Gasteiger partial charge is 0.508 e. The highest BCUT2D eigenvalue weighted by atomic mass is 16.5. The molecule has 0 aliphatic carbocycles. The van der Waals surface area contributed by atoms with Crippen molar-refractivity contribution in [3.05, 3.63) is 70.9 Å². The normalized spacial score (nSPS) is 11.9. The summed E-state index contributed by atoms with van der Waals surface area (Å²) in [4.78, 5) is 29.4. The Labute approximate surface area is 193 Å². The molecule has 0 saturated carbocycles. The van der Waals surface area contributed by atoms with Crippen LogP contribution in [-0.2, 0) is 17.6 Å². The lowest BCUT2D eigenvalue weighted by Crippen LogP contribution is -2.40. The quantitative estimate of drug-likeness (QED) is 0.375. The molecule has 1 heterocycles.